The number of nitrogens with zero attached hydrogens (tertiary/aromatic N) is 1. The molecule has 5 heteroatoms. The number of hydrogen-bond donors (Lipinski definition) is 1. The highest BCUT2D eigenvalue weighted by molar-refractivity contribution is 5.97. The van der Waals surface area contributed by atoms with E-state index in [4.69, 9.17) is 4.74 Å². The van der Waals surface area contributed by atoms with Gasteiger partial charge in [-0.3, -0.25) is 9.69 Å². The van der Waals surface area contributed by atoms with Crippen molar-refractivity contribution in [3.63, 3.8) is 0 Å². The normalized spacial score (nSPS) is 20.1. The SMILES string of the molecule is COC1CCCN(Cc2cc(F)cc(C(C)=O)c2O)C1. The molecule has 0 amide bonds. The summed E-state index contributed by atoms with van der Waals surface area (Å²) in [5.74, 6) is -0.946. The Morgan fingerprint density at radius 2 is 2.30 bits per heavy atom. The fourth-order valence-electron chi connectivity index (χ4n) is 2.63. The summed E-state index contributed by atoms with van der Waals surface area (Å²) in [6.45, 7) is 3.37. The molecule has 1 aromatic rings. The van der Waals surface area contributed by atoms with Crippen LogP contribution < -0.4 is 0 Å². The first-order valence-corrected chi connectivity index (χ1v) is 6.78. The van der Waals surface area contributed by atoms with Crippen LogP contribution in [0.3, 0.4) is 0 Å². The largest absolute Gasteiger partial charge is 0.507 e. The number of Topliss-reactive ketones (excluding diaryl/α,β-unsaturated/α-hetero) is 1. The fraction of sp³-hybridized carbons (Fsp3) is 0.533. The van der Waals surface area contributed by atoms with Crippen molar-refractivity contribution >= 4 is 5.78 Å². The summed E-state index contributed by atoms with van der Waals surface area (Å²) in [6, 6.07) is 2.37. The first-order chi connectivity index (χ1) is 9.51. The van der Waals surface area contributed by atoms with Gasteiger partial charge < -0.3 is 9.84 Å². The van der Waals surface area contributed by atoms with Crippen LogP contribution in [0, 0.1) is 5.82 Å². The lowest BCUT2D eigenvalue weighted by molar-refractivity contribution is 0.0283. The van der Waals surface area contributed by atoms with Crippen LogP contribution in [0.4, 0.5) is 4.39 Å². The van der Waals surface area contributed by atoms with E-state index >= 15 is 0 Å². The maximum Gasteiger partial charge on any atom is 0.163 e. The van der Waals surface area contributed by atoms with Crippen molar-refractivity contribution < 1.29 is 19.0 Å². The number of ether oxygens (including phenoxy) is 1. The van der Waals surface area contributed by atoms with Crippen LogP contribution in [0.2, 0.25) is 0 Å². The summed E-state index contributed by atoms with van der Waals surface area (Å²) < 4.78 is 18.9. The summed E-state index contributed by atoms with van der Waals surface area (Å²) >= 11 is 0. The van der Waals surface area contributed by atoms with Crippen LogP contribution in [-0.2, 0) is 11.3 Å². The molecule has 1 unspecified atom stereocenters. The van der Waals surface area contributed by atoms with E-state index in [2.05, 4.69) is 4.90 Å². The van der Waals surface area contributed by atoms with E-state index in [1.54, 1.807) is 7.11 Å². The molecule has 0 spiro atoms. The summed E-state index contributed by atoms with van der Waals surface area (Å²) in [6.07, 6.45) is 2.20. The minimum absolute atomic E-state index is 0.0419. The summed E-state index contributed by atoms with van der Waals surface area (Å²) in [5, 5.41) is 10.1. The average molecular weight is 281 g/mol. The first-order valence-electron chi connectivity index (χ1n) is 6.78. The van der Waals surface area contributed by atoms with Gasteiger partial charge in [0.15, 0.2) is 5.78 Å². The number of ketones is 1. The van der Waals surface area contributed by atoms with Gasteiger partial charge >= 0.3 is 0 Å². The zero-order valence-electron chi connectivity index (χ0n) is 11.9. The third-order valence-electron chi connectivity index (χ3n) is 3.72. The summed E-state index contributed by atoms with van der Waals surface area (Å²) in [4.78, 5) is 13.5. The van der Waals surface area contributed by atoms with E-state index in [-0.39, 0.29) is 23.2 Å². The molecular weight excluding hydrogens is 261 g/mol. The Bertz CT molecular complexity index is 504. The number of benzene rings is 1. The molecule has 0 saturated carbocycles. The van der Waals surface area contributed by atoms with E-state index in [0.29, 0.717) is 12.1 Å². The van der Waals surface area contributed by atoms with Crippen molar-refractivity contribution in [3.05, 3.63) is 29.1 Å². The Morgan fingerprint density at radius 3 is 2.95 bits per heavy atom. The highest BCUT2D eigenvalue weighted by atomic mass is 19.1. The molecular formula is C15H20FNO3. The molecule has 0 bridgehead atoms. The second kappa shape index (κ2) is 6.33. The number of piperidine rings is 1. The number of likely N-dealkylation sites (tertiary alicyclic amines) is 1. The third kappa shape index (κ3) is 3.35. The molecule has 0 aliphatic carbocycles. The number of phenolic OH excluding ortho intramolecular Hbond substituents is 1. The van der Waals surface area contributed by atoms with E-state index in [1.807, 2.05) is 0 Å². The number of halogens is 1. The maximum absolute atomic E-state index is 13.6. The lowest BCUT2D eigenvalue weighted by atomic mass is 10.0. The Kier molecular flexibility index (Phi) is 4.73. The van der Waals surface area contributed by atoms with Crippen LogP contribution in [0.5, 0.6) is 5.75 Å². The van der Waals surface area contributed by atoms with Crippen molar-refractivity contribution in [3.8, 4) is 5.75 Å². The maximum atomic E-state index is 13.6. The molecule has 1 heterocycles. The van der Waals surface area contributed by atoms with Gasteiger partial charge in [-0.2, -0.15) is 0 Å². The van der Waals surface area contributed by atoms with Crippen molar-refractivity contribution in [2.24, 2.45) is 0 Å². The lowest BCUT2D eigenvalue weighted by Gasteiger charge is -2.32. The number of rotatable bonds is 4. The van der Waals surface area contributed by atoms with Gasteiger partial charge in [-0.25, -0.2) is 4.39 Å². The van der Waals surface area contributed by atoms with Crippen LogP contribution in [0.15, 0.2) is 12.1 Å². The Hall–Kier alpha value is -1.46. The second-order valence-electron chi connectivity index (χ2n) is 5.25. The molecule has 4 nitrogen and oxygen atoms in total. The van der Waals surface area contributed by atoms with E-state index in [0.717, 1.165) is 32.0 Å². The van der Waals surface area contributed by atoms with Gasteiger partial charge in [0.2, 0.25) is 0 Å². The standard InChI is InChI=1S/C15H20FNO3/c1-10(18)14-7-12(16)6-11(15(14)19)8-17-5-3-4-13(9-17)20-2/h6-7,13,19H,3-5,8-9H2,1-2H3. The van der Waals surface area contributed by atoms with Gasteiger partial charge in [-0.15, -0.1) is 0 Å². The smallest absolute Gasteiger partial charge is 0.163 e. The predicted molar refractivity (Wildman–Crippen MR) is 73.4 cm³/mol. The summed E-state index contributed by atoms with van der Waals surface area (Å²) in [7, 11) is 1.68. The molecule has 1 N–H and O–H groups in total. The molecule has 1 atom stereocenters. The van der Waals surface area contributed by atoms with Gasteiger partial charge in [0.25, 0.3) is 0 Å². The van der Waals surface area contributed by atoms with Gasteiger partial charge in [-0.1, -0.05) is 0 Å². The Balaban J connectivity index is 2.18. The molecule has 1 fully saturated rings. The van der Waals surface area contributed by atoms with Gasteiger partial charge in [0, 0.05) is 25.8 Å². The molecule has 20 heavy (non-hydrogen) atoms. The molecule has 110 valence electrons. The third-order valence-corrected chi connectivity index (χ3v) is 3.72. The van der Waals surface area contributed by atoms with Gasteiger partial charge in [0.05, 0.1) is 11.7 Å². The van der Waals surface area contributed by atoms with Crippen molar-refractivity contribution in [2.75, 3.05) is 20.2 Å². The lowest BCUT2D eigenvalue weighted by Crippen LogP contribution is -2.38. The summed E-state index contributed by atoms with van der Waals surface area (Å²) in [5.41, 5.74) is 0.493. The second-order valence-corrected chi connectivity index (χ2v) is 5.25. The minimum atomic E-state index is -0.497. The van der Waals surface area contributed by atoms with Crippen molar-refractivity contribution in [1.82, 2.24) is 4.90 Å². The van der Waals surface area contributed by atoms with Crippen LogP contribution in [0.25, 0.3) is 0 Å². The molecule has 2 rings (SSSR count). The Morgan fingerprint density at radius 1 is 1.55 bits per heavy atom. The van der Waals surface area contributed by atoms with Crippen LogP contribution in [-0.4, -0.2) is 42.1 Å². The first kappa shape index (κ1) is 14.9. The van der Waals surface area contributed by atoms with Crippen molar-refractivity contribution in [1.29, 1.82) is 0 Å². The zero-order chi connectivity index (χ0) is 14.7. The van der Waals surface area contributed by atoms with Gasteiger partial charge in [-0.05, 0) is 38.4 Å². The number of phenols is 1. The number of carbonyl (C=O) groups excluding carboxylic acids is 1. The van der Waals surface area contributed by atoms with Crippen LogP contribution >= 0.6 is 0 Å². The number of carbonyl (C=O) groups is 1. The monoisotopic (exact) mass is 281 g/mol. The van der Waals surface area contributed by atoms with E-state index in [9.17, 15) is 14.3 Å². The molecule has 1 aliphatic rings. The van der Waals surface area contributed by atoms with E-state index in [1.165, 1.54) is 13.0 Å². The van der Waals surface area contributed by atoms with Crippen molar-refractivity contribution in [2.45, 2.75) is 32.4 Å². The number of aromatic hydroxyl groups is 1. The number of hydrogen-bond acceptors (Lipinski definition) is 4. The molecule has 1 saturated heterocycles. The van der Waals surface area contributed by atoms with E-state index < -0.39 is 5.82 Å². The highest BCUT2D eigenvalue weighted by Crippen LogP contribution is 2.27. The topological polar surface area (TPSA) is 49.8 Å². The number of methoxy groups -OCH3 is 1. The molecule has 1 aromatic carbocycles. The average Bonchev–Trinajstić information content (AvgIpc) is 2.42. The Labute approximate surface area is 118 Å². The molecule has 0 aromatic heterocycles. The zero-order valence-corrected chi connectivity index (χ0v) is 11.9. The minimum Gasteiger partial charge on any atom is -0.507 e. The van der Waals surface area contributed by atoms with Gasteiger partial charge in [0.1, 0.15) is 11.6 Å². The molecule has 1 aliphatic heterocycles. The highest BCUT2D eigenvalue weighted by Gasteiger charge is 2.22. The fourth-order valence-corrected chi connectivity index (χ4v) is 2.63. The predicted octanol–water partition coefficient (Wildman–Crippen LogP) is 2.34. The molecule has 0 radical (unpaired) electrons. The van der Waals surface area contributed by atoms with Crippen LogP contribution in [0.1, 0.15) is 35.7 Å². The quantitative estimate of drug-likeness (QED) is 0.861.